The van der Waals surface area contributed by atoms with Crippen LogP contribution in [0.25, 0.3) is 0 Å². The maximum atomic E-state index is 13.4. The summed E-state index contributed by atoms with van der Waals surface area (Å²) in [7, 11) is 1.50. The van der Waals surface area contributed by atoms with E-state index in [1.54, 1.807) is 0 Å². The smallest absolute Gasteiger partial charge is 0.269 e. The van der Waals surface area contributed by atoms with Gasteiger partial charge in [-0.15, -0.1) is 0 Å². The molecule has 0 heterocycles. The number of nitrogens with zero attached hydrogens (tertiary/aromatic N) is 2. The predicted octanol–water partition coefficient (Wildman–Crippen LogP) is 2.59. The number of hydrogen-bond donors (Lipinski definition) is 1. The van der Waals surface area contributed by atoms with Crippen molar-refractivity contribution in [3.63, 3.8) is 0 Å². The monoisotopic (exact) mass is 289 g/mol. The number of nitro benzene ring substituents is 1. The third-order valence-corrected chi connectivity index (χ3v) is 3.00. The second kappa shape index (κ2) is 5.58. The highest BCUT2D eigenvalue weighted by atomic mass is 19.1. The van der Waals surface area contributed by atoms with Gasteiger partial charge in [-0.3, -0.25) is 14.9 Å². The molecule has 6 nitrogen and oxygen atoms in total. The Kier molecular flexibility index (Phi) is 3.84. The van der Waals surface area contributed by atoms with Crippen molar-refractivity contribution in [3.8, 4) is 0 Å². The Balaban J connectivity index is 2.25. The Hall–Kier alpha value is -2.96. The van der Waals surface area contributed by atoms with Crippen LogP contribution in [-0.2, 0) is 0 Å². The van der Waals surface area contributed by atoms with Gasteiger partial charge in [-0.25, -0.2) is 4.39 Å². The van der Waals surface area contributed by atoms with Crippen molar-refractivity contribution in [1.82, 2.24) is 0 Å². The molecule has 0 fully saturated rings. The lowest BCUT2D eigenvalue weighted by atomic mass is 10.1. The van der Waals surface area contributed by atoms with Crippen LogP contribution in [0.2, 0.25) is 0 Å². The predicted molar refractivity (Wildman–Crippen MR) is 76.6 cm³/mol. The number of hydrogen-bond acceptors (Lipinski definition) is 4. The molecule has 0 bridgehead atoms. The number of nitrogen functional groups attached to an aromatic ring is 1. The number of carbonyl (C=O) groups is 1. The average Bonchev–Trinajstić information content (AvgIpc) is 2.48. The van der Waals surface area contributed by atoms with Crippen molar-refractivity contribution in [2.45, 2.75) is 0 Å². The summed E-state index contributed by atoms with van der Waals surface area (Å²) in [4.78, 5) is 23.5. The number of amides is 1. The second-order valence-electron chi connectivity index (χ2n) is 4.37. The number of nitrogens with two attached hydrogens (primary N) is 1. The average molecular weight is 289 g/mol. The lowest BCUT2D eigenvalue weighted by Crippen LogP contribution is -2.26. The van der Waals surface area contributed by atoms with E-state index in [-0.39, 0.29) is 16.9 Å². The van der Waals surface area contributed by atoms with Crippen LogP contribution < -0.4 is 10.6 Å². The largest absolute Gasteiger partial charge is 0.396 e. The summed E-state index contributed by atoms with van der Waals surface area (Å²) in [5.74, 6) is -1.11. The molecule has 1 amide bonds. The Labute approximate surface area is 119 Å². The fourth-order valence-electron chi connectivity index (χ4n) is 1.77. The molecule has 0 saturated heterocycles. The minimum absolute atomic E-state index is 0.0375. The SMILES string of the molecule is CN(C(=O)c1ccc(N)c(F)c1)c1ccc([N+](=O)[O-])cc1. The van der Waals surface area contributed by atoms with Crippen LogP contribution in [-0.4, -0.2) is 17.9 Å². The highest BCUT2D eigenvalue weighted by Crippen LogP contribution is 2.21. The van der Waals surface area contributed by atoms with Crippen LogP contribution in [0.1, 0.15) is 10.4 Å². The van der Waals surface area contributed by atoms with E-state index in [1.807, 2.05) is 0 Å². The normalized spacial score (nSPS) is 10.2. The molecular formula is C14H12FN3O3. The standard InChI is InChI=1S/C14H12FN3O3/c1-17(10-3-5-11(6-4-10)18(20)21)14(19)9-2-7-13(16)12(15)8-9/h2-8H,16H2,1H3. The van der Waals surface area contributed by atoms with Crippen LogP contribution in [0, 0.1) is 15.9 Å². The molecule has 108 valence electrons. The molecule has 0 aliphatic heterocycles. The van der Waals surface area contributed by atoms with E-state index in [1.165, 1.54) is 48.3 Å². The number of nitro groups is 1. The van der Waals surface area contributed by atoms with Gasteiger partial charge in [0.25, 0.3) is 11.6 Å². The van der Waals surface area contributed by atoms with Crippen LogP contribution >= 0.6 is 0 Å². The quantitative estimate of drug-likeness (QED) is 0.534. The summed E-state index contributed by atoms with van der Waals surface area (Å²) in [6.45, 7) is 0. The molecule has 0 aliphatic rings. The molecule has 0 radical (unpaired) electrons. The minimum Gasteiger partial charge on any atom is -0.396 e. The minimum atomic E-state index is -0.669. The van der Waals surface area contributed by atoms with E-state index in [0.29, 0.717) is 5.69 Å². The van der Waals surface area contributed by atoms with Crippen molar-refractivity contribution in [2.75, 3.05) is 17.7 Å². The molecule has 2 N–H and O–H groups in total. The van der Waals surface area contributed by atoms with Gasteiger partial charge in [0.1, 0.15) is 5.82 Å². The first-order chi connectivity index (χ1) is 9.90. The molecule has 0 unspecified atom stereocenters. The number of benzene rings is 2. The molecule has 21 heavy (non-hydrogen) atoms. The Morgan fingerprint density at radius 3 is 2.38 bits per heavy atom. The Morgan fingerprint density at radius 1 is 1.24 bits per heavy atom. The third kappa shape index (κ3) is 2.97. The molecule has 0 spiro atoms. The van der Waals surface area contributed by atoms with Crippen molar-refractivity contribution in [1.29, 1.82) is 0 Å². The zero-order valence-electron chi connectivity index (χ0n) is 11.1. The number of non-ortho nitro benzene ring substituents is 1. The summed E-state index contributed by atoms with van der Waals surface area (Å²) in [6, 6.07) is 9.27. The Morgan fingerprint density at radius 2 is 1.86 bits per heavy atom. The van der Waals surface area contributed by atoms with Crippen molar-refractivity contribution < 1.29 is 14.1 Å². The van der Waals surface area contributed by atoms with Gasteiger partial charge in [0.15, 0.2) is 0 Å². The van der Waals surface area contributed by atoms with Crippen LogP contribution in [0.5, 0.6) is 0 Å². The zero-order chi connectivity index (χ0) is 15.6. The fraction of sp³-hybridized carbons (Fsp3) is 0.0714. The van der Waals surface area contributed by atoms with Gasteiger partial charge in [-0.1, -0.05) is 0 Å². The number of anilines is 2. The van der Waals surface area contributed by atoms with Crippen molar-refractivity contribution in [3.05, 3.63) is 64.0 Å². The molecule has 0 aromatic heterocycles. The lowest BCUT2D eigenvalue weighted by Gasteiger charge is -2.17. The molecule has 2 aromatic carbocycles. The maximum absolute atomic E-state index is 13.4. The summed E-state index contributed by atoms with van der Waals surface area (Å²) in [5, 5.41) is 10.6. The second-order valence-corrected chi connectivity index (χ2v) is 4.37. The molecule has 0 aliphatic carbocycles. The highest BCUT2D eigenvalue weighted by molar-refractivity contribution is 6.05. The maximum Gasteiger partial charge on any atom is 0.269 e. The van der Waals surface area contributed by atoms with E-state index < -0.39 is 16.6 Å². The third-order valence-electron chi connectivity index (χ3n) is 3.00. The topological polar surface area (TPSA) is 89.5 Å². The van der Waals surface area contributed by atoms with Gasteiger partial charge in [0.2, 0.25) is 0 Å². The number of rotatable bonds is 3. The van der Waals surface area contributed by atoms with E-state index in [4.69, 9.17) is 5.73 Å². The van der Waals surface area contributed by atoms with E-state index in [9.17, 15) is 19.3 Å². The van der Waals surface area contributed by atoms with Crippen LogP contribution in [0.15, 0.2) is 42.5 Å². The first-order valence-electron chi connectivity index (χ1n) is 5.97. The van der Waals surface area contributed by atoms with Gasteiger partial charge in [-0.05, 0) is 30.3 Å². The first-order valence-corrected chi connectivity index (χ1v) is 5.97. The number of carbonyl (C=O) groups excluding carboxylic acids is 1. The zero-order valence-corrected chi connectivity index (χ0v) is 11.1. The van der Waals surface area contributed by atoms with E-state index in [0.717, 1.165) is 6.07 Å². The molecule has 0 atom stereocenters. The Bertz CT molecular complexity index is 701. The van der Waals surface area contributed by atoms with Gasteiger partial charge in [0.05, 0.1) is 10.6 Å². The summed E-state index contributed by atoms with van der Waals surface area (Å²) >= 11 is 0. The molecule has 2 aromatic rings. The van der Waals surface area contributed by atoms with E-state index in [2.05, 4.69) is 0 Å². The van der Waals surface area contributed by atoms with Gasteiger partial charge in [0, 0.05) is 30.4 Å². The lowest BCUT2D eigenvalue weighted by molar-refractivity contribution is -0.384. The molecule has 2 rings (SSSR count). The van der Waals surface area contributed by atoms with Gasteiger partial charge >= 0.3 is 0 Å². The van der Waals surface area contributed by atoms with Gasteiger partial charge in [-0.2, -0.15) is 0 Å². The summed E-state index contributed by atoms with van der Waals surface area (Å²) in [6.07, 6.45) is 0. The summed E-state index contributed by atoms with van der Waals surface area (Å²) in [5.41, 5.74) is 5.85. The van der Waals surface area contributed by atoms with Gasteiger partial charge < -0.3 is 10.6 Å². The van der Waals surface area contributed by atoms with Crippen molar-refractivity contribution in [2.24, 2.45) is 0 Å². The number of halogens is 1. The highest BCUT2D eigenvalue weighted by Gasteiger charge is 2.16. The van der Waals surface area contributed by atoms with Crippen LogP contribution in [0.3, 0.4) is 0 Å². The molecule has 0 saturated carbocycles. The van der Waals surface area contributed by atoms with Crippen molar-refractivity contribution >= 4 is 23.0 Å². The van der Waals surface area contributed by atoms with Crippen LogP contribution in [0.4, 0.5) is 21.5 Å². The molecule has 7 heteroatoms. The first kappa shape index (κ1) is 14.4. The van der Waals surface area contributed by atoms with E-state index >= 15 is 0 Å². The fourth-order valence-corrected chi connectivity index (χ4v) is 1.77. The molecular weight excluding hydrogens is 277 g/mol. The summed E-state index contributed by atoms with van der Waals surface area (Å²) < 4.78 is 13.4.